The number of hydrogen-bond acceptors (Lipinski definition) is 4. The van der Waals surface area contributed by atoms with Crippen LogP contribution in [0.5, 0.6) is 0 Å². The van der Waals surface area contributed by atoms with E-state index in [1.54, 1.807) is 4.90 Å². The minimum atomic E-state index is -0.364. The van der Waals surface area contributed by atoms with Crippen molar-refractivity contribution in [3.63, 3.8) is 0 Å². The summed E-state index contributed by atoms with van der Waals surface area (Å²) in [5.41, 5.74) is 2.27. The summed E-state index contributed by atoms with van der Waals surface area (Å²) < 4.78 is 14.2. The minimum absolute atomic E-state index is 0.185. The van der Waals surface area contributed by atoms with Gasteiger partial charge in [-0.1, -0.05) is 36.8 Å². The quantitative estimate of drug-likeness (QED) is 0.515. The van der Waals surface area contributed by atoms with E-state index in [2.05, 4.69) is 18.7 Å². The molecular weight excluding hydrogens is 397 g/mol. The van der Waals surface area contributed by atoms with Gasteiger partial charge in [0.15, 0.2) is 5.13 Å². The first kappa shape index (κ1) is 20.7. The summed E-state index contributed by atoms with van der Waals surface area (Å²) in [4.78, 5) is 21.9. The van der Waals surface area contributed by atoms with Crippen molar-refractivity contribution in [1.29, 1.82) is 0 Å². The van der Waals surface area contributed by atoms with Gasteiger partial charge in [-0.15, -0.1) is 0 Å². The van der Waals surface area contributed by atoms with E-state index < -0.39 is 0 Å². The molecule has 0 spiro atoms. The second-order valence-electron chi connectivity index (χ2n) is 6.56. The fourth-order valence-electron chi connectivity index (χ4n) is 3.07. The molecule has 0 aliphatic carbocycles. The lowest BCUT2D eigenvalue weighted by Gasteiger charge is -2.24. The van der Waals surface area contributed by atoms with E-state index in [9.17, 15) is 9.18 Å². The van der Waals surface area contributed by atoms with E-state index in [0.717, 1.165) is 35.4 Å². The predicted molar refractivity (Wildman–Crippen MR) is 115 cm³/mol. The zero-order valence-electron chi connectivity index (χ0n) is 16.2. The number of aromatic nitrogens is 1. The average Bonchev–Trinajstić information content (AvgIpc) is 3.09. The van der Waals surface area contributed by atoms with Crippen LogP contribution in [0, 0.1) is 12.7 Å². The predicted octanol–water partition coefficient (Wildman–Crippen LogP) is 5.39. The highest BCUT2D eigenvalue weighted by molar-refractivity contribution is 7.22. The number of likely N-dealkylation sites (N-methyl/N-ethyl adjacent to an activating group) is 1. The molecule has 3 aromatic rings. The van der Waals surface area contributed by atoms with Crippen molar-refractivity contribution >= 4 is 44.2 Å². The summed E-state index contributed by atoms with van der Waals surface area (Å²) in [6, 6.07) is 9.37. The average molecular weight is 420 g/mol. The fraction of sp³-hybridized carbons (Fsp3) is 0.333. The summed E-state index contributed by atoms with van der Waals surface area (Å²) >= 11 is 7.63. The number of nitrogens with zero attached hydrogens (tertiary/aromatic N) is 3. The maximum atomic E-state index is 13.3. The molecule has 0 fully saturated rings. The van der Waals surface area contributed by atoms with Crippen LogP contribution in [0.1, 0.15) is 29.8 Å². The molecule has 0 bridgehead atoms. The van der Waals surface area contributed by atoms with Crippen LogP contribution in [0.25, 0.3) is 10.2 Å². The van der Waals surface area contributed by atoms with E-state index in [4.69, 9.17) is 16.6 Å². The molecule has 148 valence electrons. The number of fused-ring (bicyclic) bond motifs is 1. The van der Waals surface area contributed by atoms with Gasteiger partial charge in [0.1, 0.15) is 5.82 Å². The number of amides is 1. The molecule has 0 atom stereocenters. The highest BCUT2D eigenvalue weighted by Gasteiger charge is 2.22. The van der Waals surface area contributed by atoms with Gasteiger partial charge >= 0.3 is 0 Å². The molecule has 0 saturated carbocycles. The lowest BCUT2D eigenvalue weighted by atomic mass is 10.2. The first-order chi connectivity index (χ1) is 13.4. The molecule has 0 unspecified atom stereocenters. The van der Waals surface area contributed by atoms with Gasteiger partial charge < -0.3 is 4.90 Å². The molecular formula is C21H23ClFN3OS. The number of rotatable bonds is 7. The fourth-order valence-corrected chi connectivity index (χ4v) is 4.52. The van der Waals surface area contributed by atoms with Gasteiger partial charge in [-0.2, -0.15) is 0 Å². The third-order valence-electron chi connectivity index (χ3n) is 4.74. The summed E-state index contributed by atoms with van der Waals surface area (Å²) in [5, 5.41) is 1.28. The highest BCUT2D eigenvalue weighted by Crippen LogP contribution is 2.33. The topological polar surface area (TPSA) is 36.4 Å². The van der Waals surface area contributed by atoms with Gasteiger partial charge in [0.2, 0.25) is 0 Å². The lowest BCUT2D eigenvalue weighted by molar-refractivity contribution is 0.0983. The van der Waals surface area contributed by atoms with Crippen molar-refractivity contribution < 1.29 is 9.18 Å². The minimum Gasteiger partial charge on any atom is -0.302 e. The molecule has 3 rings (SSSR count). The summed E-state index contributed by atoms with van der Waals surface area (Å²) in [6.45, 7) is 9.20. The summed E-state index contributed by atoms with van der Waals surface area (Å²) in [5.74, 6) is -0.550. The largest absolute Gasteiger partial charge is 0.302 e. The smallest absolute Gasteiger partial charge is 0.260 e. The van der Waals surface area contributed by atoms with Gasteiger partial charge in [0, 0.05) is 23.7 Å². The number of carbonyl (C=O) groups is 1. The van der Waals surface area contributed by atoms with Crippen molar-refractivity contribution in [3.05, 3.63) is 58.4 Å². The van der Waals surface area contributed by atoms with Crippen LogP contribution in [-0.4, -0.2) is 42.0 Å². The molecule has 4 nitrogen and oxygen atoms in total. The SMILES string of the molecule is CCN(CC)CCN(C(=O)c1ccc(F)cc1)c1nc2c(C)cc(Cl)cc2s1. The Morgan fingerprint density at radius 2 is 1.82 bits per heavy atom. The van der Waals surface area contributed by atoms with Crippen LogP contribution in [-0.2, 0) is 0 Å². The molecule has 0 aliphatic heterocycles. The standard InChI is InChI=1S/C21H23ClFN3OS/c1-4-25(5-2)10-11-26(20(27)15-6-8-17(23)9-7-15)21-24-19-14(3)12-16(22)13-18(19)28-21/h6-9,12-13H,4-5,10-11H2,1-3H3. The van der Waals surface area contributed by atoms with Gasteiger partial charge in [0.05, 0.1) is 10.2 Å². The van der Waals surface area contributed by atoms with Crippen LogP contribution in [0.3, 0.4) is 0 Å². The normalized spacial score (nSPS) is 11.4. The first-order valence-corrected chi connectivity index (χ1v) is 10.5. The Kier molecular flexibility index (Phi) is 6.65. The molecule has 1 aromatic heterocycles. The Bertz CT molecular complexity index is 970. The van der Waals surface area contributed by atoms with Gasteiger partial charge in [-0.25, -0.2) is 9.37 Å². The molecule has 0 saturated heterocycles. The third kappa shape index (κ3) is 4.51. The maximum Gasteiger partial charge on any atom is 0.260 e. The molecule has 2 aromatic carbocycles. The zero-order chi connectivity index (χ0) is 20.3. The number of carbonyl (C=O) groups excluding carboxylic acids is 1. The van der Waals surface area contributed by atoms with Crippen molar-refractivity contribution in [1.82, 2.24) is 9.88 Å². The Morgan fingerprint density at radius 3 is 2.46 bits per heavy atom. The Morgan fingerprint density at radius 1 is 1.14 bits per heavy atom. The summed E-state index contributed by atoms with van der Waals surface area (Å²) in [7, 11) is 0. The van der Waals surface area contributed by atoms with Gasteiger partial charge in [-0.3, -0.25) is 9.69 Å². The number of halogens is 2. The zero-order valence-corrected chi connectivity index (χ0v) is 17.8. The van der Waals surface area contributed by atoms with Crippen LogP contribution < -0.4 is 4.90 Å². The van der Waals surface area contributed by atoms with E-state index in [1.165, 1.54) is 35.6 Å². The number of benzene rings is 2. The lowest BCUT2D eigenvalue weighted by Crippen LogP contribution is -2.38. The number of thiazole rings is 1. The van der Waals surface area contributed by atoms with E-state index >= 15 is 0 Å². The highest BCUT2D eigenvalue weighted by atomic mass is 35.5. The van der Waals surface area contributed by atoms with Gasteiger partial charge in [0.25, 0.3) is 5.91 Å². The third-order valence-corrected chi connectivity index (χ3v) is 5.98. The Hall–Kier alpha value is -2.02. The molecule has 7 heteroatoms. The monoisotopic (exact) mass is 419 g/mol. The second kappa shape index (κ2) is 8.99. The molecule has 0 aliphatic rings. The number of hydrogen-bond donors (Lipinski definition) is 0. The summed E-state index contributed by atoms with van der Waals surface area (Å²) in [6.07, 6.45) is 0. The molecule has 1 amide bonds. The van der Waals surface area contributed by atoms with Crippen molar-refractivity contribution in [2.45, 2.75) is 20.8 Å². The number of anilines is 1. The van der Waals surface area contributed by atoms with Crippen LogP contribution in [0.2, 0.25) is 5.02 Å². The molecule has 0 N–H and O–H groups in total. The molecule has 0 radical (unpaired) electrons. The van der Waals surface area contributed by atoms with Crippen molar-refractivity contribution in [2.75, 3.05) is 31.1 Å². The number of aryl methyl sites for hydroxylation is 1. The van der Waals surface area contributed by atoms with E-state index in [-0.39, 0.29) is 11.7 Å². The van der Waals surface area contributed by atoms with Crippen LogP contribution in [0.15, 0.2) is 36.4 Å². The van der Waals surface area contributed by atoms with Crippen LogP contribution in [0.4, 0.5) is 9.52 Å². The van der Waals surface area contributed by atoms with Crippen molar-refractivity contribution in [2.24, 2.45) is 0 Å². The van der Waals surface area contributed by atoms with Crippen LogP contribution >= 0.6 is 22.9 Å². The first-order valence-electron chi connectivity index (χ1n) is 9.29. The molecule has 28 heavy (non-hydrogen) atoms. The maximum absolute atomic E-state index is 13.3. The van der Waals surface area contributed by atoms with E-state index in [0.29, 0.717) is 22.3 Å². The van der Waals surface area contributed by atoms with Crippen molar-refractivity contribution in [3.8, 4) is 0 Å². The Labute approximate surface area is 173 Å². The Balaban J connectivity index is 1.98. The molecule has 1 heterocycles. The second-order valence-corrected chi connectivity index (χ2v) is 8.00. The van der Waals surface area contributed by atoms with Gasteiger partial charge in [-0.05, 0) is 62.0 Å². The van der Waals surface area contributed by atoms with E-state index in [1.807, 2.05) is 19.1 Å².